The molecule has 0 saturated carbocycles. The van der Waals surface area contributed by atoms with Crippen molar-refractivity contribution in [3.63, 3.8) is 0 Å². The maximum absolute atomic E-state index is 11.8. The number of methoxy groups -OCH3 is 3. The normalized spacial score (nSPS) is 15.1. The second kappa shape index (κ2) is 6.59. The maximum Gasteiger partial charge on any atom is 0.335 e. The minimum absolute atomic E-state index is 0.0691. The molecule has 0 bridgehead atoms. The minimum atomic E-state index is -1.67. The number of carbonyl (C=O) groups excluding carboxylic acids is 2. The fourth-order valence-corrected chi connectivity index (χ4v) is 2.22. The second-order valence-electron chi connectivity index (χ2n) is 4.46. The molecule has 0 N–H and O–H groups in total. The van der Waals surface area contributed by atoms with E-state index < -0.39 is 11.9 Å². The molecule has 0 aromatic carbocycles. The largest absolute Gasteiger partial charge is 0.466 e. The molecule has 0 radical (unpaired) electrons. The van der Waals surface area contributed by atoms with Crippen LogP contribution in [-0.2, 0) is 23.8 Å². The molecule has 0 fully saturated rings. The summed E-state index contributed by atoms with van der Waals surface area (Å²) in [6.45, 7) is 0.0691. The summed E-state index contributed by atoms with van der Waals surface area (Å²) in [4.78, 5) is 24.8. The van der Waals surface area contributed by atoms with Gasteiger partial charge in [-0.25, -0.2) is 4.79 Å². The Morgan fingerprint density at radius 3 is 2.55 bits per heavy atom. The van der Waals surface area contributed by atoms with E-state index in [1.807, 2.05) is 0 Å². The van der Waals surface area contributed by atoms with Crippen LogP contribution in [0.4, 0.5) is 0 Å². The molecule has 1 aliphatic heterocycles. The summed E-state index contributed by atoms with van der Waals surface area (Å²) in [5.74, 6) is -1.65. The zero-order valence-corrected chi connectivity index (χ0v) is 12.6. The Morgan fingerprint density at radius 2 is 2.05 bits per heavy atom. The summed E-state index contributed by atoms with van der Waals surface area (Å²) < 4.78 is 20.6. The molecular formula is C15H17NO6. The molecule has 0 aliphatic carbocycles. The number of allylic oxidation sites excluding steroid dienone is 2. The molecule has 7 nitrogen and oxygen atoms in total. The molecule has 1 aromatic heterocycles. The SMILES string of the molecule is COC(=O)C1=CC=C(c2ccco2)N(C(C=O)(OC)OC)C1. The van der Waals surface area contributed by atoms with E-state index in [1.165, 1.54) is 32.5 Å². The first-order chi connectivity index (χ1) is 10.6. The summed E-state index contributed by atoms with van der Waals surface area (Å²) in [5.41, 5.74) is 0.909. The van der Waals surface area contributed by atoms with Crippen molar-refractivity contribution in [1.29, 1.82) is 0 Å². The van der Waals surface area contributed by atoms with Gasteiger partial charge in [0.1, 0.15) is 5.76 Å². The van der Waals surface area contributed by atoms with Crippen molar-refractivity contribution in [1.82, 2.24) is 4.90 Å². The lowest BCUT2D eigenvalue weighted by atomic mass is 10.1. The standard InChI is InChI=1S/C15H17NO6/c1-19-14(18)11-6-7-12(13-5-4-8-22-13)16(9-11)15(10-17,20-2)21-3/h4-8,10H,9H2,1-3H3. The minimum Gasteiger partial charge on any atom is -0.466 e. The highest BCUT2D eigenvalue weighted by Crippen LogP contribution is 2.32. The van der Waals surface area contributed by atoms with Gasteiger partial charge in [0.05, 0.1) is 31.2 Å². The van der Waals surface area contributed by atoms with Gasteiger partial charge in [0.25, 0.3) is 0 Å². The Hall–Kier alpha value is -2.38. The van der Waals surface area contributed by atoms with E-state index in [0.717, 1.165) is 0 Å². The van der Waals surface area contributed by atoms with Gasteiger partial charge in [0, 0.05) is 14.2 Å². The number of hydrogen-bond donors (Lipinski definition) is 0. The molecule has 118 valence electrons. The lowest BCUT2D eigenvalue weighted by molar-refractivity contribution is -0.250. The summed E-state index contributed by atoms with van der Waals surface area (Å²) in [6.07, 6.45) is 5.28. The first-order valence-corrected chi connectivity index (χ1v) is 6.49. The predicted molar refractivity (Wildman–Crippen MR) is 76.3 cm³/mol. The number of hydrogen-bond acceptors (Lipinski definition) is 7. The molecule has 1 aromatic rings. The van der Waals surface area contributed by atoms with Gasteiger partial charge in [-0.05, 0) is 24.3 Å². The molecule has 0 unspecified atom stereocenters. The molecule has 0 spiro atoms. The molecule has 7 heteroatoms. The van der Waals surface area contributed by atoms with Gasteiger partial charge in [-0.3, -0.25) is 4.79 Å². The Labute approximate surface area is 127 Å². The number of esters is 1. The van der Waals surface area contributed by atoms with Crippen molar-refractivity contribution in [2.45, 2.75) is 5.91 Å². The third-order valence-corrected chi connectivity index (χ3v) is 3.39. The van der Waals surface area contributed by atoms with Crippen LogP contribution >= 0.6 is 0 Å². The van der Waals surface area contributed by atoms with Crippen LogP contribution in [0.2, 0.25) is 0 Å². The zero-order valence-electron chi connectivity index (χ0n) is 12.6. The molecule has 0 saturated heterocycles. The van der Waals surface area contributed by atoms with Crippen molar-refractivity contribution in [2.24, 2.45) is 0 Å². The van der Waals surface area contributed by atoms with Gasteiger partial charge in [-0.15, -0.1) is 0 Å². The molecule has 0 amide bonds. The van der Waals surface area contributed by atoms with Crippen LogP contribution in [0, 0.1) is 0 Å². The van der Waals surface area contributed by atoms with Crippen LogP contribution in [0.3, 0.4) is 0 Å². The zero-order chi connectivity index (χ0) is 16.2. The van der Waals surface area contributed by atoms with E-state index >= 15 is 0 Å². The molecule has 2 rings (SSSR count). The van der Waals surface area contributed by atoms with Crippen LogP contribution in [0.1, 0.15) is 5.76 Å². The number of furan rings is 1. The summed E-state index contributed by atoms with van der Waals surface area (Å²) >= 11 is 0. The predicted octanol–water partition coefficient (Wildman–Crippen LogP) is 1.18. The number of carbonyl (C=O) groups is 2. The topological polar surface area (TPSA) is 78.2 Å². The molecule has 22 heavy (non-hydrogen) atoms. The third-order valence-electron chi connectivity index (χ3n) is 3.39. The Morgan fingerprint density at radius 1 is 1.32 bits per heavy atom. The van der Waals surface area contributed by atoms with Crippen LogP contribution in [0.25, 0.3) is 5.70 Å². The molecule has 0 atom stereocenters. The molecule has 2 heterocycles. The van der Waals surface area contributed by atoms with Crippen LogP contribution in [-0.4, -0.2) is 50.9 Å². The fourth-order valence-electron chi connectivity index (χ4n) is 2.22. The summed E-state index contributed by atoms with van der Waals surface area (Å²) in [6, 6.07) is 3.45. The highest BCUT2D eigenvalue weighted by atomic mass is 16.7. The second-order valence-corrected chi connectivity index (χ2v) is 4.46. The van der Waals surface area contributed by atoms with Gasteiger partial charge in [-0.1, -0.05) is 0 Å². The van der Waals surface area contributed by atoms with Gasteiger partial charge < -0.3 is 23.5 Å². The Bertz CT molecular complexity index is 598. The van der Waals surface area contributed by atoms with Crippen molar-refractivity contribution < 1.29 is 28.2 Å². The highest BCUT2D eigenvalue weighted by molar-refractivity contribution is 5.91. The average molecular weight is 307 g/mol. The van der Waals surface area contributed by atoms with Crippen molar-refractivity contribution in [3.05, 3.63) is 41.9 Å². The number of rotatable bonds is 6. The number of ether oxygens (including phenoxy) is 3. The Kier molecular flexibility index (Phi) is 4.79. The van der Waals surface area contributed by atoms with Crippen molar-refractivity contribution >= 4 is 18.0 Å². The lowest BCUT2D eigenvalue weighted by Gasteiger charge is -2.40. The number of nitrogens with zero attached hydrogens (tertiary/aromatic N) is 1. The van der Waals surface area contributed by atoms with Crippen LogP contribution in [0.5, 0.6) is 0 Å². The summed E-state index contributed by atoms with van der Waals surface area (Å²) in [7, 11) is 3.97. The lowest BCUT2D eigenvalue weighted by Crippen LogP contribution is -2.53. The van der Waals surface area contributed by atoms with Crippen LogP contribution < -0.4 is 0 Å². The van der Waals surface area contributed by atoms with Gasteiger partial charge in [0.15, 0.2) is 0 Å². The van der Waals surface area contributed by atoms with Crippen LogP contribution in [0.15, 0.2) is 40.5 Å². The maximum atomic E-state index is 11.8. The fraction of sp³-hybridized carbons (Fsp3) is 0.333. The quantitative estimate of drug-likeness (QED) is 0.443. The molecular weight excluding hydrogens is 290 g/mol. The smallest absolute Gasteiger partial charge is 0.335 e. The highest BCUT2D eigenvalue weighted by Gasteiger charge is 2.42. The van der Waals surface area contributed by atoms with Gasteiger partial charge in [-0.2, -0.15) is 0 Å². The van der Waals surface area contributed by atoms with Crippen molar-refractivity contribution in [2.75, 3.05) is 27.9 Å². The van der Waals surface area contributed by atoms with E-state index in [-0.39, 0.29) is 6.54 Å². The first-order valence-electron chi connectivity index (χ1n) is 6.49. The van der Waals surface area contributed by atoms with Crippen molar-refractivity contribution in [3.8, 4) is 0 Å². The third kappa shape index (κ3) is 2.68. The van der Waals surface area contributed by atoms with E-state index in [9.17, 15) is 9.59 Å². The van der Waals surface area contributed by atoms with E-state index in [4.69, 9.17) is 18.6 Å². The molecule has 1 aliphatic rings. The summed E-state index contributed by atoms with van der Waals surface area (Å²) in [5, 5.41) is 0. The number of aldehydes is 1. The van der Waals surface area contributed by atoms with E-state index in [0.29, 0.717) is 23.3 Å². The van der Waals surface area contributed by atoms with Gasteiger partial charge >= 0.3 is 11.9 Å². The average Bonchev–Trinajstić information content (AvgIpc) is 3.10. The monoisotopic (exact) mass is 307 g/mol. The Balaban J connectivity index is 2.49. The first kappa shape index (κ1) is 16.0. The van der Waals surface area contributed by atoms with Gasteiger partial charge in [0.2, 0.25) is 6.29 Å². The van der Waals surface area contributed by atoms with E-state index in [2.05, 4.69) is 0 Å². The van der Waals surface area contributed by atoms with E-state index in [1.54, 1.807) is 24.3 Å².